The van der Waals surface area contributed by atoms with Gasteiger partial charge in [0.25, 0.3) is 0 Å². The fourth-order valence-corrected chi connectivity index (χ4v) is 3.19. The first-order valence-electron chi connectivity index (χ1n) is 7.55. The highest BCUT2D eigenvalue weighted by Crippen LogP contribution is 2.15. The molecule has 6 nitrogen and oxygen atoms in total. The van der Waals surface area contributed by atoms with E-state index in [9.17, 15) is 13.2 Å². The number of sulfonamides is 1. The minimum atomic E-state index is -3.65. The van der Waals surface area contributed by atoms with E-state index in [0.29, 0.717) is 17.3 Å². The maximum atomic E-state index is 12.1. The van der Waals surface area contributed by atoms with Crippen LogP contribution < -0.4 is 14.8 Å². The largest absolute Gasteiger partial charge is 0.497 e. The van der Waals surface area contributed by atoms with Gasteiger partial charge in [0, 0.05) is 24.5 Å². The van der Waals surface area contributed by atoms with Crippen molar-refractivity contribution >= 4 is 27.5 Å². The molecular formula is C17H19ClN2O4S. The number of rotatable bonds is 8. The van der Waals surface area contributed by atoms with Crippen LogP contribution >= 0.6 is 11.6 Å². The summed E-state index contributed by atoms with van der Waals surface area (Å²) in [6.45, 7) is 0.377. The van der Waals surface area contributed by atoms with E-state index >= 15 is 0 Å². The van der Waals surface area contributed by atoms with E-state index in [-0.39, 0.29) is 23.8 Å². The molecule has 0 fully saturated rings. The normalized spacial score (nSPS) is 11.1. The monoisotopic (exact) mass is 382 g/mol. The molecule has 0 radical (unpaired) electrons. The second-order valence-electron chi connectivity index (χ2n) is 5.23. The first-order valence-corrected chi connectivity index (χ1v) is 9.42. The van der Waals surface area contributed by atoms with Crippen molar-refractivity contribution in [1.82, 2.24) is 10.0 Å². The van der Waals surface area contributed by atoms with Crippen LogP contribution in [0, 0.1) is 0 Å². The molecule has 2 aromatic carbocycles. The van der Waals surface area contributed by atoms with E-state index in [1.54, 1.807) is 24.3 Å². The minimum Gasteiger partial charge on any atom is -0.497 e. The van der Waals surface area contributed by atoms with Crippen molar-refractivity contribution < 1.29 is 17.9 Å². The van der Waals surface area contributed by atoms with Crippen molar-refractivity contribution in [2.45, 2.75) is 17.9 Å². The van der Waals surface area contributed by atoms with Gasteiger partial charge in [-0.05, 0) is 42.0 Å². The zero-order chi connectivity index (χ0) is 18.3. The standard InChI is InChI=1S/C17H19ClN2O4S/c1-24-15-6-8-16(9-7-15)25(22,23)20-11-10-17(21)19-12-13-2-4-14(18)5-3-13/h2-9,20H,10-12H2,1H3,(H,19,21). The summed E-state index contributed by atoms with van der Waals surface area (Å²) in [7, 11) is -2.15. The van der Waals surface area contributed by atoms with E-state index in [1.165, 1.54) is 19.2 Å². The zero-order valence-corrected chi connectivity index (χ0v) is 15.2. The number of hydrogen-bond acceptors (Lipinski definition) is 4. The Bertz CT molecular complexity index is 806. The van der Waals surface area contributed by atoms with Crippen LogP contribution in [0.3, 0.4) is 0 Å². The number of carbonyl (C=O) groups excluding carboxylic acids is 1. The average Bonchev–Trinajstić information content (AvgIpc) is 2.61. The third-order valence-electron chi connectivity index (χ3n) is 3.42. The third-order valence-corrected chi connectivity index (χ3v) is 5.15. The van der Waals surface area contributed by atoms with Crippen LogP contribution in [0.4, 0.5) is 0 Å². The van der Waals surface area contributed by atoms with Gasteiger partial charge >= 0.3 is 0 Å². The Morgan fingerprint density at radius 2 is 1.72 bits per heavy atom. The van der Waals surface area contributed by atoms with Crippen LogP contribution in [0.15, 0.2) is 53.4 Å². The molecule has 1 amide bonds. The molecule has 0 saturated carbocycles. The molecule has 0 atom stereocenters. The topological polar surface area (TPSA) is 84.5 Å². The molecule has 25 heavy (non-hydrogen) atoms. The number of ether oxygens (including phenoxy) is 1. The highest BCUT2D eigenvalue weighted by atomic mass is 35.5. The molecular weight excluding hydrogens is 364 g/mol. The molecule has 0 bridgehead atoms. The molecule has 134 valence electrons. The second kappa shape index (κ2) is 8.84. The molecule has 2 aromatic rings. The van der Waals surface area contributed by atoms with Gasteiger partial charge in [-0.2, -0.15) is 0 Å². The summed E-state index contributed by atoms with van der Waals surface area (Å²) in [6, 6.07) is 13.1. The number of nitrogens with one attached hydrogen (secondary N) is 2. The number of carbonyl (C=O) groups is 1. The van der Waals surface area contributed by atoms with E-state index in [0.717, 1.165) is 5.56 Å². The maximum absolute atomic E-state index is 12.1. The number of amides is 1. The van der Waals surface area contributed by atoms with Crippen molar-refractivity contribution in [3.8, 4) is 5.75 Å². The fourth-order valence-electron chi connectivity index (χ4n) is 2.03. The highest BCUT2D eigenvalue weighted by Gasteiger charge is 2.14. The smallest absolute Gasteiger partial charge is 0.240 e. The summed E-state index contributed by atoms with van der Waals surface area (Å²) in [6.07, 6.45) is 0.0446. The Balaban J connectivity index is 1.78. The van der Waals surface area contributed by atoms with Crippen molar-refractivity contribution in [1.29, 1.82) is 0 Å². The molecule has 0 spiro atoms. The molecule has 0 aliphatic rings. The minimum absolute atomic E-state index is 0.0147. The van der Waals surface area contributed by atoms with Crippen LogP contribution in [0.2, 0.25) is 5.02 Å². The highest BCUT2D eigenvalue weighted by molar-refractivity contribution is 7.89. The van der Waals surface area contributed by atoms with E-state index in [1.807, 2.05) is 12.1 Å². The van der Waals surface area contributed by atoms with Crippen LogP contribution in [-0.4, -0.2) is 28.0 Å². The molecule has 0 saturated heterocycles. The summed E-state index contributed by atoms with van der Waals surface area (Å²) >= 11 is 5.79. The van der Waals surface area contributed by atoms with Gasteiger partial charge in [-0.1, -0.05) is 23.7 Å². The summed E-state index contributed by atoms with van der Waals surface area (Å²) in [4.78, 5) is 11.9. The quantitative estimate of drug-likeness (QED) is 0.733. The Kier molecular flexibility index (Phi) is 6.81. The second-order valence-corrected chi connectivity index (χ2v) is 7.43. The lowest BCUT2D eigenvalue weighted by Crippen LogP contribution is -2.30. The van der Waals surface area contributed by atoms with E-state index in [2.05, 4.69) is 10.0 Å². The summed E-state index contributed by atoms with van der Waals surface area (Å²) in [5, 5.41) is 3.35. The summed E-state index contributed by atoms with van der Waals surface area (Å²) in [5.41, 5.74) is 0.913. The van der Waals surface area contributed by atoms with Crippen molar-refractivity contribution in [2.75, 3.05) is 13.7 Å². The molecule has 2 N–H and O–H groups in total. The van der Waals surface area contributed by atoms with Gasteiger partial charge in [0.05, 0.1) is 12.0 Å². The lowest BCUT2D eigenvalue weighted by Gasteiger charge is -2.08. The Morgan fingerprint density at radius 3 is 2.32 bits per heavy atom. The van der Waals surface area contributed by atoms with Gasteiger partial charge in [-0.25, -0.2) is 13.1 Å². The van der Waals surface area contributed by atoms with Crippen LogP contribution in [0.1, 0.15) is 12.0 Å². The van der Waals surface area contributed by atoms with Crippen LogP contribution in [0.5, 0.6) is 5.75 Å². The Morgan fingerprint density at radius 1 is 1.08 bits per heavy atom. The van der Waals surface area contributed by atoms with Gasteiger partial charge in [-0.3, -0.25) is 4.79 Å². The fraction of sp³-hybridized carbons (Fsp3) is 0.235. The van der Waals surface area contributed by atoms with Gasteiger partial charge in [0.1, 0.15) is 5.75 Å². The van der Waals surface area contributed by atoms with Gasteiger partial charge in [0.15, 0.2) is 0 Å². The number of methoxy groups -OCH3 is 1. The predicted molar refractivity (Wildman–Crippen MR) is 96.1 cm³/mol. The lowest BCUT2D eigenvalue weighted by atomic mass is 10.2. The van der Waals surface area contributed by atoms with Gasteiger partial charge in [0.2, 0.25) is 15.9 Å². The van der Waals surface area contributed by atoms with Gasteiger partial charge in [-0.15, -0.1) is 0 Å². The van der Waals surface area contributed by atoms with Crippen molar-refractivity contribution in [2.24, 2.45) is 0 Å². The number of halogens is 1. The van der Waals surface area contributed by atoms with Crippen molar-refractivity contribution in [3.63, 3.8) is 0 Å². The summed E-state index contributed by atoms with van der Waals surface area (Å²) in [5.74, 6) is 0.327. The van der Waals surface area contributed by atoms with Crippen molar-refractivity contribution in [3.05, 3.63) is 59.1 Å². The van der Waals surface area contributed by atoms with E-state index in [4.69, 9.17) is 16.3 Å². The summed E-state index contributed by atoms with van der Waals surface area (Å²) < 4.78 is 31.6. The first-order chi connectivity index (χ1) is 11.9. The Labute approximate surface area is 152 Å². The number of benzene rings is 2. The molecule has 8 heteroatoms. The predicted octanol–water partition coefficient (Wildman–Crippen LogP) is 2.33. The van der Waals surface area contributed by atoms with E-state index < -0.39 is 10.0 Å². The molecule has 0 aliphatic heterocycles. The maximum Gasteiger partial charge on any atom is 0.240 e. The lowest BCUT2D eigenvalue weighted by molar-refractivity contribution is -0.121. The SMILES string of the molecule is COc1ccc(S(=O)(=O)NCCC(=O)NCc2ccc(Cl)cc2)cc1. The molecule has 0 unspecified atom stereocenters. The third kappa shape index (κ3) is 6.04. The Hall–Kier alpha value is -2.09. The molecule has 0 heterocycles. The van der Waals surface area contributed by atoms with Gasteiger partial charge < -0.3 is 10.1 Å². The van der Waals surface area contributed by atoms with Crippen LogP contribution in [0.25, 0.3) is 0 Å². The average molecular weight is 383 g/mol. The molecule has 2 rings (SSSR count). The molecule has 0 aliphatic carbocycles. The zero-order valence-electron chi connectivity index (χ0n) is 13.7. The van der Waals surface area contributed by atoms with Crippen LogP contribution in [-0.2, 0) is 21.4 Å². The molecule has 0 aromatic heterocycles. The number of hydrogen-bond donors (Lipinski definition) is 2. The first kappa shape index (κ1) is 19.2.